The van der Waals surface area contributed by atoms with Crippen LogP contribution in [0.5, 0.6) is 5.75 Å². The monoisotopic (exact) mass is 783 g/mol. The van der Waals surface area contributed by atoms with E-state index in [9.17, 15) is 45.6 Å². The maximum absolute atomic E-state index is 15.3. The fraction of sp³-hybridized carbons (Fsp3) is 0.667. The number of alkyl halides is 5. The number of carbonyl (C=O) groups is 5. The molecule has 1 saturated carbocycles. The van der Waals surface area contributed by atoms with Crippen molar-refractivity contribution < 1.29 is 63.8 Å². The summed E-state index contributed by atoms with van der Waals surface area (Å²) in [5.41, 5.74) is -2.70. The molecule has 0 aromatic heterocycles. The molecule has 3 unspecified atom stereocenters. The molecule has 53 heavy (non-hydrogen) atoms. The van der Waals surface area contributed by atoms with E-state index in [1.807, 2.05) is 5.32 Å². The third-order valence-electron chi connectivity index (χ3n) is 9.38. The number of ether oxygens (including phenoxy) is 2. The van der Waals surface area contributed by atoms with E-state index >= 15 is 8.78 Å². The first-order valence-corrected chi connectivity index (χ1v) is 18.8. The highest BCUT2D eigenvalue weighted by Crippen LogP contribution is 2.50. The van der Waals surface area contributed by atoms with Crippen LogP contribution < -0.4 is 26.0 Å². The van der Waals surface area contributed by atoms with Gasteiger partial charge in [0.15, 0.2) is 9.84 Å². The number of nitrogens with zero attached hydrogens (tertiary/aromatic N) is 1. The van der Waals surface area contributed by atoms with Crippen LogP contribution in [0, 0.1) is 11.3 Å². The highest BCUT2D eigenvalue weighted by molar-refractivity contribution is 7.91. The third-order valence-corrected chi connectivity index (χ3v) is 11.0. The van der Waals surface area contributed by atoms with Gasteiger partial charge in [0.05, 0.1) is 31.3 Å². The summed E-state index contributed by atoms with van der Waals surface area (Å²) in [4.78, 5) is 67.7. The Kier molecular flexibility index (Phi) is 14.7. The normalized spacial score (nSPS) is 19.1. The fourth-order valence-corrected chi connectivity index (χ4v) is 7.37. The van der Waals surface area contributed by atoms with Gasteiger partial charge >= 0.3 is 12.1 Å². The van der Waals surface area contributed by atoms with Crippen LogP contribution in [0.4, 0.5) is 22.0 Å². The molecule has 1 aliphatic heterocycles. The molecule has 0 spiro atoms. The summed E-state index contributed by atoms with van der Waals surface area (Å²) in [6.45, 7) is 2.06. The van der Waals surface area contributed by atoms with Crippen LogP contribution in [-0.2, 0) is 38.5 Å². The molecule has 4 amide bonds. The van der Waals surface area contributed by atoms with E-state index in [1.54, 1.807) is 4.90 Å². The van der Waals surface area contributed by atoms with Crippen molar-refractivity contribution in [1.29, 1.82) is 0 Å². The number of amides is 4. The average Bonchev–Trinajstić information content (AvgIpc) is 3.62. The Labute approximate surface area is 304 Å². The lowest BCUT2D eigenvalue weighted by molar-refractivity contribution is -0.220. The van der Waals surface area contributed by atoms with Gasteiger partial charge in [0.25, 0.3) is 5.91 Å². The number of Topliss-reactive ketones (excluding diaryl/α,β-unsaturated/α-hetero) is 1. The second-order valence-corrected chi connectivity index (χ2v) is 15.7. The van der Waals surface area contributed by atoms with Crippen molar-refractivity contribution in [3.63, 3.8) is 0 Å². The highest BCUT2D eigenvalue weighted by Gasteiger charge is 2.61. The van der Waals surface area contributed by atoms with Crippen molar-refractivity contribution in [1.82, 2.24) is 26.2 Å². The molecule has 3 atom stereocenters. The minimum Gasteiger partial charge on any atom is -0.497 e. The van der Waals surface area contributed by atoms with Crippen molar-refractivity contribution in [2.24, 2.45) is 11.3 Å². The van der Waals surface area contributed by atoms with Crippen molar-refractivity contribution in [3.8, 4) is 5.75 Å². The van der Waals surface area contributed by atoms with Gasteiger partial charge in [0, 0.05) is 33.3 Å². The number of methoxy groups -OCH3 is 2. The lowest BCUT2D eigenvalue weighted by Gasteiger charge is -2.32. The highest BCUT2D eigenvalue weighted by atomic mass is 32.2. The first-order valence-electron chi connectivity index (χ1n) is 16.9. The largest absolute Gasteiger partial charge is 0.497 e. The molecule has 1 saturated heterocycles. The summed E-state index contributed by atoms with van der Waals surface area (Å²) in [5, 5.41) is 8.58. The molecular weight excluding hydrogens is 737 g/mol. The summed E-state index contributed by atoms with van der Waals surface area (Å²) < 4.78 is 106. The number of nitrogens with one attached hydrogen (secondary N) is 4. The van der Waals surface area contributed by atoms with Gasteiger partial charge in [0.2, 0.25) is 23.5 Å². The molecule has 1 heterocycles. The number of ketones is 1. The van der Waals surface area contributed by atoms with Gasteiger partial charge in [-0.3, -0.25) is 28.9 Å². The van der Waals surface area contributed by atoms with E-state index < -0.39 is 100 Å². The molecule has 1 aromatic rings. The van der Waals surface area contributed by atoms with Crippen molar-refractivity contribution in [2.45, 2.75) is 69.8 Å². The number of hydrogen-bond donors (Lipinski definition) is 4. The Bertz CT molecular complexity index is 1570. The number of sulfone groups is 1. The first-order chi connectivity index (χ1) is 24.7. The van der Waals surface area contributed by atoms with Gasteiger partial charge in [-0.15, -0.1) is 0 Å². The number of benzene rings is 1. The van der Waals surface area contributed by atoms with Crippen LogP contribution >= 0.6 is 0 Å². The predicted molar refractivity (Wildman–Crippen MR) is 179 cm³/mol. The van der Waals surface area contributed by atoms with Crippen molar-refractivity contribution in [3.05, 3.63) is 29.8 Å². The van der Waals surface area contributed by atoms with Crippen molar-refractivity contribution >= 4 is 39.2 Å². The van der Waals surface area contributed by atoms with Gasteiger partial charge in [-0.2, -0.15) is 22.0 Å². The predicted octanol–water partition coefficient (Wildman–Crippen LogP) is 1.30. The van der Waals surface area contributed by atoms with Crippen LogP contribution in [0.3, 0.4) is 0 Å². The Hall–Kier alpha value is -3.91. The van der Waals surface area contributed by atoms with E-state index in [0.717, 1.165) is 7.11 Å². The summed E-state index contributed by atoms with van der Waals surface area (Å²) in [5.74, 6) is -13.3. The lowest BCUT2D eigenvalue weighted by Crippen LogP contribution is -2.59. The van der Waals surface area contributed by atoms with Gasteiger partial charge in [-0.25, -0.2) is 8.42 Å². The summed E-state index contributed by atoms with van der Waals surface area (Å²) in [7, 11) is -0.709. The quantitative estimate of drug-likeness (QED) is 0.133. The topological polar surface area (TPSA) is 189 Å². The molecule has 0 bridgehead atoms. The Morgan fingerprint density at radius 2 is 1.47 bits per heavy atom. The molecule has 2 aliphatic rings. The molecule has 2 fully saturated rings. The van der Waals surface area contributed by atoms with Gasteiger partial charge < -0.3 is 30.7 Å². The van der Waals surface area contributed by atoms with E-state index in [4.69, 9.17) is 9.47 Å². The maximum Gasteiger partial charge on any atom is 0.403 e. The number of halogens is 5. The fourth-order valence-electron chi connectivity index (χ4n) is 6.09. The summed E-state index contributed by atoms with van der Waals surface area (Å²) >= 11 is 0. The number of hydrogen-bond acceptors (Lipinski definition) is 10. The molecule has 14 nitrogen and oxygen atoms in total. The van der Waals surface area contributed by atoms with E-state index in [0.29, 0.717) is 5.75 Å². The second-order valence-electron chi connectivity index (χ2n) is 13.4. The third kappa shape index (κ3) is 10.8. The van der Waals surface area contributed by atoms with E-state index in [2.05, 4.69) is 16.0 Å². The Balaban J connectivity index is 1.80. The van der Waals surface area contributed by atoms with Gasteiger partial charge in [-0.05, 0) is 36.5 Å². The zero-order valence-corrected chi connectivity index (χ0v) is 30.6. The summed E-state index contributed by atoms with van der Waals surface area (Å²) in [6, 6.07) is -0.00155. The Morgan fingerprint density at radius 3 is 1.98 bits per heavy atom. The minimum absolute atomic E-state index is 0.0340. The SMILES string of the molecule is COCC(NC(=O)C1(C(F)(F)F)CCCC1)C(=O)NC(C(=O)NC(C(=O)C(F)(F)C(=O)NCCN1CCS(=O)(=O)CC1)C(C)C)c1ccc(OC)cc1. The number of carbonyl (C=O) groups excluding carboxylic acids is 5. The lowest BCUT2D eigenvalue weighted by atomic mass is 9.84. The van der Waals surface area contributed by atoms with Crippen LogP contribution in [0.15, 0.2) is 24.3 Å². The molecule has 1 aliphatic carbocycles. The maximum atomic E-state index is 15.3. The molecule has 4 N–H and O–H groups in total. The van der Waals surface area contributed by atoms with Gasteiger partial charge in [0.1, 0.15) is 23.2 Å². The second kappa shape index (κ2) is 17.9. The smallest absolute Gasteiger partial charge is 0.403 e. The van der Waals surface area contributed by atoms with Gasteiger partial charge in [-0.1, -0.05) is 38.8 Å². The molecule has 0 radical (unpaired) electrons. The molecule has 298 valence electrons. The number of rotatable bonds is 17. The minimum atomic E-state index is -4.91. The molecule has 1 aromatic carbocycles. The molecule has 20 heteroatoms. The van der Waals surface area contributed by atoms with E-state index in [-0.39, 0.29) is 56.1 Å². The standard InChI is InChI=1S/C33H46F5N5O9S/c1-20(2)24(26(44)32(34,35)30(48)39-13-14-43-15-17-53(49,50)18-16-43)41-28(46)25(21-7-9-22(52-4)10-8-21)42-27(45)23(19-51-3)40-29(47)31(33(36,37)38)11-5-6-12-31/h7-10,20,23-25H,5-6,11-19H2,1-4H3,(H,39,48)(H,40,47)(H,41,46)(H,42,45). The zero-order valence-electron chi connectivity index (χ0n) is 29.8. The van der Waals surface area contributed by atoms with Crippen LogP contribution in [-0.4, -0.2) is 125 Å². The Morgan fingerprint density at radius 1 is 0.887 bits per heavy atom. The zero-order chi connectivity index (χ0) is 39.8. The summed E-state index contributed by atoms with van der Waals surface area (Å²) in [6.07, 6.45) is -5.62. The molecular formula is C33H46F5N5O9S. The molecule has 3 rings (SSSR count). The van der Waals surface area contributed by atoms with Crippen LogP contribution in [0.1, 0.15) is 51.1 Å². The van der Waals surface area contributed by atoms with Crippen molar-refractivity contribution in [2.75, 3.05) is 58.5 Å². The van der Waals surface area contributed by atoms with E-state index in [1.165, 1.54) is 45.2 Å². The van der Waals surface area contributed by atoms with Crippen LogP contribution in [0.25, 0.3) is 0 Å². The first kappa shape index (κ1) is 43.5. The average molecular weight is 784 g/mol. The van der Waals surface area contributed by atoms with Crippen LogP contribution in [0.2, 0.25) is 0 Å².